The van der Waals surface area contributed by atoms with Crippen molar-refractivity contribution in [2.45, 2.75) is 11.8 Å². The van der Waals surface area contributed by atoms with Gasteiger partial charge in [0.05, 0.1) is 19.3 Å². The topological polar surface area (TPSA) is 112 Å². The van der Waals surface area contributed by atoms with Crippen LogP contribution in [-0.4, -0.2) is 62.6 Å². The maximum absolute atomic E-state index is 11.1. The largest absolute Gasteiger partial charge is 0.379 e. The first kappa shape index (κ1) is 14.4. The van der Waals surface area contributed by atoms with Gasteiger partial charge in [-0.25, -0.2) is 8.42 Å². The molecule has 1 aliphatic heterocycles. The van der Waals surface area contributed by atoms with Crippen LogP contribution in [0.4, 0.5) is 0 Å². The number of morpholine rings is 1. The van der Waals surface area contributed by atoms with Gasteiger partial charge in [0.1, 0.15) is 5.75 Å². The van der Waals surface area contributed by atoms with Crippen LogP contribution in [-0.2, 0) is 20.3 Å². The van der Waals surface area contributed by atoms with Crippen LogP contribution in [0.15, 0.2) is 4.52 Å². The number of nitrogens with zero attached hydrogens (tertiary/aromatic N) is 3. The van der Waals surface area contributed by atoms with Crippen molar-refractivity contribution in [3.8, 4) is 0 Å². The molecular formula is C10H18N4O4S. The Morgan fingerprint density at radius 2 is 2.11 bits per heavy atom. The van der Waals surface area contributed by atoms with E-state index in [0.29, 0.717) is 25.6 Å². The van der Waals surface area contributed by atoms with Gasteiger partial charge < -0.3 is 15.0 Å². The summed E-state index contributed by atoms with van der Waals surface area (Å²) in [5, 5.41) is 3.73. The van der Waals surface area contributed by atoms with E-state index in [2.05, 4.69) is 15.0 Å². The van der Waals surface area contributed by atoms with Gasteiger partial charge in [0.15, 0.2) is 15.7 Å². The molecule has 2 heterocycles. The summed E-state index contributed by atoms with van der Waals surface area (Å²) in [6.45, 7) is 3.63. The lowest BCUT2D eigenvalue weighted by molar-refractivity contribution is 0.0348. The van der Waals surface area contributed by atoms with E-state index in [9.17, 15) is 8.42 Å². The van der Waals surface area contributed by atoms with Crippen LogP contribution in [0.3, 0.4) is 0 Å². The van der Waals surface area contributed by atoms with E-state index >= 15 is 0 Å². The number of nitrogens with two attached hydrogens (primary N) is 1. The summed E-state index contributed by atoms with van der Waals surface area (Å²) < 4.78 is 32.4. The van der Waals surface area contributed by atoms with E-state index in [1.54, 1.807) is 0 Å². The van der Waals surface area contributed by atoms with E-state index < -0.39 is 15.9 Å². The lowest BCUT2D eigenvalue weighted by atomic mass is 10.2. The van der Waals surface area contributed by atoms with Gasteiger partial charge >= 0.3 is 0 Å². The Bertz CT molecular complexity index is 509. The van der Waals surface area contributed by atoms with Crippen molar-refractivity contribution in [1.29, 1.82) is 0 Å². The first-order chi connectivity index (χ1) is 8.94. The van der Waals surface area contributed by atoms with Gasteiger partial charge in [-0.2, -0.15) is 4.98 Å². The minimum atomic E-state index is -3.18. The minimum absolute atomic E-state index is 0.0786. The molecule has 2 N–H and O–H groups in total. The lowest BCUT2D eigenvalue weighted by Gasteiger charge is -2.27. The van der Waals surface area contributed by atoms with Crippen LogP contribution in [0.25, 0.3) is 0 Å². The quantitative estimate of drug-likeness (QED) is 0.731. The SMILES string of the molecule is CS(=O)(=O)Cc1nc(C(N)CN2CCOCC2)no1. The van der Waals surface area contributed by atoms with Crippen molar-refractivity contribution in [2.75, 3.05) is 39.1 Å². The van der Waals surface area contributed by atoms with Gasteiger partial charge in [-0.1, -0.05) is 5.16 Å². The van der Waals surface area contributed by atoms with E-state index in [1.807, 2.05) is 0 Å². The molecule has 0 aliphatic carbocycles. The van der Waals surface area contributed by atoms with Crippen molar-refractivity contribution in [3.05, 3.63) is 11.7 Å². The summed E-state index contributed by atoms with van der Waals surface area (Å²) in [7, 11) is -3.18. The maximum Gasteiger partial charge on any atom is 0.241 e. The van der Waals surface area contributed by atoms with Crippen LogP contribution in [0.2, 0.25) is 0 Å². The highest BCUT2D eigenvalue weighted by molar-refractivity contribution is 7.89. The Hall–Kier alpha value is -1.03. The number of hydrogen-bond donors (Lipinski definition) is 1. The van der Waals surface area contributed by atoms with Crippen molar-refractivity contribution >= 4 is 9.84 Å². The Morgan fingerprint density at radius 1 is 1.42 bits per heavy atom. The van der Waals surface area contributed by atoms with Crippen molar-refractivity contribution in [1.82, 2.24) is 15.0 Å². The lowest BCUT2D eigenvalue weighted by Crippen LogP contribution is -2.40. The smallest absolute Gasteiger partial charge is 0.241 e. The van der Waals surface area contributed by atoms with Crippen LogP contribution >= 0.6 is 0 Å². The van der Waals surface area contributed by atoms with E-state index in [-0.39, 0.29) is 11.6 Å². The molecule has 8 nitrogen and oxygen atoms in total. The highest BCUT2D eigenvalue weighted by Crippen LogP contribution is 2.11. The minimum Gasteiger partial charge on any atom is -0.379 e. The molecule has 19 heavy (non-hydrogen) atoms. The number of hydrogen-bond acceptors (Lipinski definition) is 8. The summed E-state index contributed by atoms with van der Waals surface area (Å²) >= 11 is 0. The van der Waals surface area contributed by atoms with Crippen LogP contribution in [0, 0.1) is 0 Å². The Labute approximate surface area is 111 Å². The zero-order valence-corrected chi connectivity index (χ0v) is 11.6. The van der Waals surface area contributed by atoms with Crippen LogP contribution < -0.4 is 5.73 Å². The van der Waals surface area contributed by atoms with E-state index in [4.69, 9.17) is 15.0 Å². The number of ether oxygens (including phenoxy) is 1. The molecule has 9 heteroatoms. The van der Waals surface area contributed by atoms with Gasteiger partial charge in [0, 0.05) is 25.9 Å². The summed E-state index contributed by atoms with van der Waals surface area (Å²) in [6, 6.07) is -0.393. The molecule has 0 amide bonds. The predicted molar refractivity (Wildman–Crippen MR) is 67.0 cm³/mol. The molecule has 1 aromatic heterocycles. The molecule has 108 valence electrons. The highest BCUT2D eigenvalue weighted by Gasteiger charge is 2.20. The third-order valence-corrected chi connectivity index (χ3v) is 3.53. The zero-order valence-electron chi connectivity index (χ0n) is 10.8. The molecule has 1 saturated heterocycles. The summed E-state index contributed by atoms with van der Waals surface area (Å²) in [5.74, 6) is 0.157. The highest BCUT2D eigenvalue weighted by atomic mass is 32.2. The molecule has 1 unspecified atom stereocenters. The van der Waals surface area contributed by atoms with Crippen molar-refractivity contribution in [3.63, 3.8) is 0 Å². The Kier molecular flexibility index (Phi) is 4.50. The number of rotatable bonds is 5. The second-order valence-corrected chi connectivity index (χ2v) is 6.78. The van der Waals surface area contributed by atoms with Gasteiger partial charge in [0.2, 0.25) is 5.89 Å². The predicted octanol–water partition coefficient (Wildman–Crippen LogP) is -1.05. The standard InChI is InChI=1S/C10H18N4O4S/c1-19(15,16)7-9-12-10(13-18-9)8(11)6-14-2-4-17-5-3-14/h8H,2-7,11H2,1H3. The van der Waals surface area contributed by atoms with E-state index in [1.165, 1.54) is 0 Å². The third-order valence-electron chi connectivity index (χ3n) is 2.76. The summed E-state index contributed by atoms with van der Waals surface area (Å²) in [5.41, 5.74) is 5.99. The molecule has 1 aromatic rings. The average molecular weight is 290 g/mol. The zero-order chi connectivity index (χ0) is 13.9. The fraction of sp³-hybridized carbons (Fsp3) is 0.800. The summed E-state index contributed by atoms with van der Waals surface area (Å²) in [6.07, 6.45) is 1.12. The Morgan fingerprint density at radius 3 is 2.74 bits per heavy atom. The fourth-order valence-electron chi connectivity index (χ4n) is 1.85. The molecule has 0 saturated carbocycles. The average Bonchev–Trinajstić information content (AvgIpc) is 2.76. The normalized spacial score (nSPS) is 19.5. The molecule has 0 radical (unpaired) electrons. The second kappa shape index (κ2) is 5.95. The monoisotopic (exact) mass is 290 g/mol. The molecule has 0 bridgehead atoms. The number of aromatic nitrogens is 2. The maximum atomic E-state index is 11.1. The van der Waals surface area contributed by atoms with Crippen LogP contribution in [0.1, 0.15) is 17.8 Å². The first-order valence-electron chi connectivity index (χ1n) is 6.00. The molecule has 2 rings (SSSR count). The molecule has 1 fully saturated rings. The number of sulfone groups is 1. The van der Waals surface area contributed by atoms with E-state index in [0.717, 1.165) is 19.3 Å². The van der Waals surface area contributed by atoms with Gasteiger partial charge in [0.25, 0.3) is 0 Å². The van der Waals surface area contributed by atoms with Crippen molar-refractivity contribution in [2.24, 2.45) is 5.73 Å². The molecule has 1 aliphatic rings. The summed E-state index contributed by atoms with van der Waals surface area (Å²) in [4.78, 5) is 6.17. The van der Waals surface area contributed by atoms with Crippen molar-refractivity contribution < 1.29 is 17.7 Å². The van der Waals surface area contributed by atoms with Crippen LogP contribution in [0.5, 0.6) is 0 Å². The third kappa shape index (κ3) is 4.53. The fourth-order valence-corrected chi connectivity index (χ4v) is 2.41. The molecule has 0 spiro atoms. The molecule has 1 atom stereocenters. The van der Waals surface area contributed by atoms with Gasteiger partial charge in [-0.15, -0.1) is 0 Å². The molecule has 0 aromatic carbocycles. The molecular weight excluding hydrogens is 272 g/mol. The Balaban J connectivity index is 1.93. The first-order valence-corrected chi connectivity index (χ1v) is 8.06. The van der Waals surface area contributed by atoms with Gasteiger partial charge in [-0.3, -0.25) is 4.90 Å². The second-order valence-electron chi connectivity index (χ2n) is 4.64. The van der Waals surface area contributed by atoms with Gasteiger partial charge in [-0.05, 0) is 0 Å².